The van der Waals surface area contributed by atoms with Gasteiger partial charge in [-0.1, -0.05) is 17.7 Å². The van der Waals surface area contributed by atoms with Gasteiger partial charge in [0.15, 0.2) is 11.6 Å². The van der Waals surface area contributed by atoms with Gasteiger partial charge < -0.3 is 4.74 Å². The molecule has 3 rings (SSSR count). The molecule has 0 amide bonds. The van der Waals surface area contributed by atoms with Gasteiger partial charge in [0.05, 0.1) is 23.4 Å². The Labute approximate surface area is 176 Å². The van der Waals surface area contributed by atoms with E-state index in [1.807, 2.05) is 0 Å². The second-order valence-corrected chi connectivity index (χ2v) is 8.60. The zero-order chi connectivity index (χ0) is 22.9. The molecule has 1 unspecified atom stereocenters. The van der Waals surface area contributed by atoms with Crippen molar-refractivity contribution in [3.63, 3.8) is 0 Å². The molecule has 0 saturated carbocycles. The lowest BCUT2D eigenvalue weighted by Gasteiger charge is -2.14. The standard InChI is InChI=1S/C20H18F2N2O6S/c1-3-30-20(25)17(24(26)27)11-13-10-16(21)18(22)15-8-9-23(19(13)15)31(28,29)14-6-4-12(2)5-7-14/h4-10,17H,3,11H2,1-2H3. The Bertz CT molecular complexity index is 1270. The fourth-order valence-electron chi connectivity index (χ4n) is 3.19. The predicted octanol–water partition coefficient (Wildman–Crippen LogP) is 3.22. The highest BCUT2D eigenvalue weighted by molar-refractivity contribution is 7.90. The van der Waals surface area contributed by atoms with E-state index in [4.69, 9.17) is 0 Å². The van der Waals surface area contributed by atoms with E-state index in [-0.39, 0.29) is 28.0 Å². The highest BCUT2D eigenvalue weighted by atomic mass is 32.2. The van der Waals surface area contributed by atoms with Gasteiger partial charge in [0, 0.05) is 16.5 Å². The fraction of sp³-hybridized carbons (Fsp3) is 0.250. The lowest BCUT2D eigenvalue weighted by molar-refractivity contribution is -0.510. The van der Waals surface area contributed by atoms with Crippen molar-refractivity contribution in [3.05, 3.63) is 75.5 Å². The van der Waals surface area contributed by atoms with Crippen LogP contribution in [0.25, 0.3) is 10.9 Å². The number of carbonyl (C=O) groups is 1. The zero-order valence-corrected chi connectivity index (χ0v) is 17.4. The van der Waals surface area contributed by atoms with E-state index in [1.165, 1.54) is 19.1 Å². The Hall–Kier alpha value is -3.34. The molecule has 0 radical (unpaired) electrons. The number of benzene rings is 2. The van der Waals surface area contributed by atoms with Crippen LogP contribution in [0.4, 0.5) is 8.78 Å². The van der Waals surface area contributed by atoms with Gasteiger partial charge in [0.2, 0.25) is 0 Å². The molecule has 1 aromatic heterocycles. The van der Waals surface area contributed by atoms with E-state index in [1.54, 1.807) is 19.1 Å². The lowest BCUT2D eigenvalue weighted by Crippen LogP contribution is -2.33. The number of aromatic nitrogens is 1. The number of carbonyl (C=O) groups excluding carboxylic acids is 1. The Morgan fingerprint density at radius 3 is 2.45 bits per heavy atom. The molecule has 0 fully saturated rings. The minimum absolute atomic E-state index is 0.109. The van der Waals surface area contributed by atoms with Crippen molar-refractivity contribution in [3.8, 4) is 0 Å². The van der Waals surface area contributed by atoms with Crippen molar-refractivity contribution in [1.29, 1.82) is 0 Å². The van der Waals surface area contributed by atoms with Crippen LogP contribution in [0.5, 0.6) is 0 Å². The summed E-state index contributed by atoms with van der Waals surface area (Å²) < 4.78 is 60.3. The van der Waals surface area contributed by atoms with E-state index in [2.05, 4.69) is 4.74 Å². The third kappa shape index (κ3) is 4.13. The van der Waals surface area contributed by atoms with E-state index in [0.717, 1.165) is 21.8 Å². The summed E-state index contributed by atoms with van der Waals surface area (Å²) >= 11 is 0. The quantitative estimate of drug-likeness (QED) is 0.309. The maximum absolute atomic E-state index is 14.4. The molecule has 2 aromatic carbocycles. The van der Waals surface area contributed by atoms with E-state index >= 15 is 0 Å². The number of hydrogen-bond donors (Lipinski definition) is 0. The topological polar surface area (TPSA) is 109 Å². The van der Waals surface area contributed by atoms with Crippen LogP contribution in [0.3, 0.4) is 0 Å². The van der Waals surface area contributed by atoms with Crippen molar-refractivity contribution < 1.29 is 31.7 Å². The lowest BCUT2D eigenvalue weighted by atomic mass is 10.0. The number of fused-ring (bicyclic) bond motifs is 1. The maximum Gasteiger partial charge on any atom is 0.382 e. The van der Waals surface area contributed by atoms with Crippen LogP contribution in [0, 0.1) is 28.7 Å². The number of rotatable bonds is 7. The van der Waals surface area contributed by atoms with Crippen LogP contribution >= 0.6 is 0 Å². The third-order valence-electron chi connectivity index (χ3n) is 4.71. The molecule has 31 heavy (non-hydrogen) atoms. The molecule has 0 spiro atoms. The largest absolute Gasteiger partial charge is 0.461 e. The molecule has 0 saturated heterocycles. The Morgan fingerprint density at radius 1 is 1.23 bits per heavy atom. The maximum atomic E-state index is 14.4. The van der Waals surface area contributed by atoms with Crippen LogP contribution in [0.1, 0.15) is 18.1 Å². The van der Waals surface area contributed by atoms with Crippen LogP contribution in [-0.2, 0) is 26.0 Å². The van der Waals surface area contributed by atoms with Gasteiger partial charge in [-0.3, -0.25) is 10.1 Å². The van der Waals surface area contributed by atoms with Crippen molar-refractivity contribution in [1.82, 2.24) is 3.97 Å². The van der Waals surface area contributed by atoms with Crippen molar-refractivity contribution in [2.75, 3.05) is 6.61 Å². The molecule has 0 aliphatic heterocycles. The Kier molecular flexibility index (Phi) is 6.07. The average Bonchev–Trinajstić information content (AvgIpc) is 3.16. The zero-order valence-electron chi connectivity index (χ0n) is 16.5. The minimum Gasteiger partial charge on any atom is -0.461 e. The number of esters is 1. The summed E-state index contributed by atoms with van der Waals surface area (Å²) in [7, 11) is -4.24. The summed E-state index contributed by atoms with van der Waals surface area (Å²) in [5, 5.41) is 11.0. The van der Waals surface area contributed by atoms with Gasteiger partial charge in [-0.05, 0) is 43.7 Å². The average molecular weight is 452 g/mol. The number of ether oxygens (including phenoxy) is 1. The second-order valence-electron chi connectivity index (χ2n) is 6.78. The van der Waals surface area contributed by atoms with Gasteiger partial charge >= 0.3 is 12.0 Å². The molecule has 0 aliphatic carbocycles. The molecule has 11 heteroatoms. The van der Waals surface area contributed by atoms with Gasteiger partial charge in [0.1, 0.15) is 0 Å². The van der Waals surface area contributed by atoms with Crippen molar-refractivity contribution in [2.24, 2.45) is 0 Å². The number of nitrogens with zero attached hydrogens (tertiary/aromatic N) is 2. The molecule has 0 bridgehead atoms. The first kappa shape index (κ1) is 22.3. The highest BCUT2D eigenvalue weighted by Gasteiger charge is 2.34. The first-order valence-corrected chi connectivity index (χ1v) is 10.6. The molecule has 1 heterocycles. The monoisotopic (exact) mass is 452 g/mol. The number of nitro groups is 1. The SMILES string of the molecule is CCOC(=O)C(Cc1cc(F)c(F)c2ccn(S(=O)(=O)c3ccc(C)cc3)c12)[N+](=O)[O-]. The van der Waals surface area contributed by atoms with Crippen molar-refractivity contribution >= 4 is 26.9 Å². The van der Waals surface area contributed by atoms with Gasteiger partial charge in [0.25, 0.3) is 10.0 Å². The highest BCUT2D eigenvalue weighted by Crippen LogP contribution is 2.30. The molecule has 1 atom stereocenters. The number of aryl methyl sites for hydroxylation is 1. The first-order chi connectivity index (χ1) is 14.6. The van der Waals surface area contributed by atoms with Gasteiger partial charge in [-0.25, -0.2) is 26.0 Å². The summed E-state index contributed by atoms with van der Waals surface area (Å²) in [6.07, 6.45) is 0.352. The Balaban J connectivity index is 2.22. The summed E-state index contributed by atoms with van der Waals surface area (Å²) in [5.41, 5.74) is 0.313. The van der Waals surface area contributed by atoms with Gasteiger partial charge in [-0.15, -0.1) is 0 Å². The number of hydrogen-bond acceptors (Lipinski definition) is 6. The molecule has 3 aromatic rings. The molecule has 164 valence electrons. The van der Waals surface area contributed by atoms with E-state index in [9.17, 15) is 32.1 Å². The molecule has 0 N–H and O–H groups in total. The molecule has 0 aliphatic rings. The third-order valence-corrected chi connectivity index (χ3v) is 6.40. The predicted molar refractivity (Wildman–Crippen MR) is 107 cm³/mol. The number of halogens is 2. The first-order valence-electron chi connectivity index (χ1n) is 9.18. The van der Waals surface area contributed by atoms with Gasteiger partial charge in [-0.2, -0.15) is 0 Å². The molecular formula is C20H18F2N2O6S. The smallest absolute Gasteiger partial charge is 0.382 e. The van der Waals surface area contributed by atoms with Crippen LogP contribution < -0.4 is 0 Å². The van der Waals surface area contributed by atoms with E-state index < -0.39 is 45.0 Å². The second kappa shape index (κ2) is 8.42. The normalized spacial score (nSPS) is 12.6. The van der Waals surface area contributed by atoms with E-state index in [0.29, 0.717) is 6.07 Å². The summed E-state index contributed by atoms with van der Waals surface area (Å²) in [5.74, 6) is -3.78. The van der Waals surface area contributed by atoms with Crippen LogP contribution in [0.15, 0.2) is 47.5 Å². The molecule has 8 nitrogen and oxygen atoms in total. The van der Waals surface area contributed by atoms with Crippen LogP contribution in [0.2, 0.25) is 0 Å². The molecular weight excluding hydrogens is 434 g/mol. The fourth-order valence-corrected chi connectivity index (χ4v) is 4.57. The van der Waals surface area contributed by atoms with Crippen LogP contribution in [-0.4, -0.2) is 35.9 Å². The minimum atomic E-state index is -4.24. The summed E-state index contributed by atoms with van der Waals surface area (Å²) in [6.45, 7) is 3.11. The summed E-state index contributed by atoms with van der Waals surface area (Å²) in [4.78, 5) is 22.4. The van der Waals surface area contributed by atoms with Crippen molar-refractivity contribution in [2.45, 2.75) is 31.2 Å². The Morgan fingerprint density at radius 2 is 1.87 bits per heavy atom. The summed E-state index contributed by atoms with van der Waals surface area (Å²) in [6, 6.07) is 5.66.